The van der Waals surface area contributed by atoms with E-state index in [-0.39, 0.29) is 30.0 Å². The van der Waals surface area contributed by atoms with E-state index >= 15 is 0 Å². The molecule has 1 saturated heterocycles. The van der Waals surface area contributed by atoms with E-state index in [4.69, 9.17) is 4.74 Å². The normalized spacial score (nSPS) is 20.1. The molecule has 22 heavy (non-hydrogen) atoms. The Hall–Kier alpha value is -1.60. The lowest BCUT2D eigenvalue weighted by molar-refractivity contribution is -0.117. The highest BCUT2D eigenvalue weighted by molar-refractivity contribution is 7.91. The molecular weight excluding hydrogens is 304 g/mol. The third-order valence-corrected chi connectivity index (χ3v) is 5.65. The Morgan fingerprint density at radius 3 is 2.73 bits per heavy atom. The molecule has 0 saturated carbocycles. The largest absolute Gasteiger partial charge is 0.496 e. The lowest BCUT2D eigenvalue weighted by Crippen LogP contribution is -2.38. The Labute approximate surface area is 131 Å². The first kappa shape index (κ1) is 16.8. The van der Waals surface area contributed by atoms with Crippen molar-refractivity contribution in [2.45, 2.75) is 19.4 Å². The summed E-state index contributed by atoms with van der Waals surface area (Å²) in [6, 6.07) is 5.35. The van der Waals surface area contributed by atoms with E-state index in [1.165, 1.54) is 0 Å². The topological polar surface area (TPSA) is 75.7 Å². The summed E-state index contributed by atoms with van der Waals surface area (Å²) in [6.45, 7) is 2.08. The quantitative estimate of drug-likeness (QED) is 0.876. The van der Waals surface area contributed by atoms with Crippen LogP contribution < -0.4 is 10.1 Å². The van der Waals surface area contributed by atoms with Gasteiger partial charge in [-0.3, -0.25) is 9.69 Å². The van der Waals surface area contributed by atoms with E-state index in [1.807, 2.05) is 13.0 Å². The van der Waals surface area contributed by atoms with Gasteiger partial charge in [-0.2, -0.15) is 0 Å². The molecule has 1 atom stereocenters. The number of carbonyl (C=O) groups excluding carboxylic acids is 1. The number of aryl methyl sites for hydroxylation is 1. The average molecular weight is 326 g/mol. The molecule has 1 aromatic rings. The summed E-state index contributed by atoms with van der Waals surface area (Å²) in [7, 11) is 0.449. The Kier molecular flexibility index (Phi) is 5.08. The fourth-order valence-corrected chi connectivity index (χ4v) is 4.44. The molecule has 7 heteroatoms. The van der Waals surface area contributed by atoms with Crippen molar-refractivity contribution in [2.24, 2.45) is 0 Å². The predicted molar refractivity (Wildman–Crippen MR) is 86.0 cm³/mol. The molecule has 1 N–H and O–H groups in total. The molecule has 6 nitrogen and oxygen atoms in total. The lowest BCUT2D eigenvalue weighted by atomic mass is 10.2. The second-order valence-electron chi connectivity index (χ2n) is 5.70. The van der Waals surface area contributed by atoms with Crippen molar-refractivity contribution in [1.82, 2.24) is 4.90 Å². The standard InChI is InChI=1S/C15H22N2O4S/c1-11-8-12(4-5-14(11)21-3)16-15(18)9-17(2)13-6-7-22(19,20)10-13/h4-5,8,13H,6-7,9-10H2,1-3H3,(H,16,18). The number of rotatable bonds is 5. The van der Waals surface area contributed by atoms with Gasteiger partial charge >= 0.3 is 0 Å². The fourth-order valence-electron chi connectivity index (χ4n) is 2.64. The number of amides is 1. The maximum Gasteiger partial charge on any atom is 0.238 e. The van der Waals surface area contributed by atoms with Crippen LogP contribution in [0.15, 0.2) is 18.2 Å². The van der Waals surface area contributed by atoms with Crippen molar-refractivity contribution >= 4 is 21.4 Å². The molecule has 0 aliphatic carbocycles. The van der Waals surface area contributed by atoms with Gasteiger partial charge in [-0.1, -0.05) is 0 Å². The Morgan fingerprint density at radius 1 is 1.45 bits per heavy atom. The number of sulfone groups is 1. The van der Waals surface area contributed by atoms with Crippen LogP contribution in [0.2, 0.25) is 0 Å². The van der Waals surface area contributed by atoms with Gasteiger partial charge in [0.15, 0.2) is 9.84 Å². The van der Waals surface area contributed by atoms with Gasteiger partial charge in [-0.25, -0.2) is 8.42 Å². The molecule has 0 radical (unpaired) electrons. The average Bonchev–Trinajstić information content (AvgIpc) is 2.79. The van der Waals surface area contributed by atoms with Crippen LogP contribution in [0.5, 0.6) is 5.75 Å². The minimum absolute atomic E-state index is 0.0756. The monoisotopic (exact) mass is 326 g/mol. The molecule has 1 aromatic carbocycles. The second-order valence-corrected chi connectivity index (χ2v) is 7.93. The molecule has 2 rings (SSSR count). The van der Waals surface area contributed by atoms with Crippen molar-refractivity contribution in [3.05, 3.63) is 23.8 Å². The molecule has 0 bridgehead atoms. The first-order chi connectivity index (χ1) is 10.3. The Bertz CT molecular complexity index is 658. The fraction of sp³-hybridized carbons (Fsp3) is 0.533. The van der Waals surface area contributed by atoms with Gasteiger partial charge in [0.1, 0.15) is 5.75 Å². The van der Waals surface area contributed by atoms with Crippen molar-refractivity contribution in [2.75, 3.05) is 37.5 Å². The minimum Gasteiger partial charge on any atom is -0.496 e. The van der Waals surface area contributed by atoms with Crippen molar-refractivity contribution in [3.8, 4) is 5.75 Å². The number of ether oxygens (including phenoxy) is 1. The van der Waals surface area contributed by atoms with Crippen LogP contribution in [-0.4, -0.2) is 57.5 Å². The molecule has 1 unspecified atom stereocenters. The van der Waals surface area contributed by atoms with Crippen LogP contribution in [0.1, 0.15) is 12.0 Å². The summed E-state index contributed by atoms with van der Waals surface area (Å²) in [4.78, 5) is 13.9. The zero-order valence-corrected chi connectivity index (χ0v) is 13.9. The third kappa shape index (κ3) is 4.20. The van der Waals surface area contributed by atoms with Crippen LogP contribution in [0.25, 0.3) is 0 Å². The molecule has 1 heterocycles. The van der Waals surface area contributed by atoms with Gasteiger partial charge in [0.25, 0.3) is 0 Å². The van der Waals surface area contributed by atoms with Crippen LogP contribution in [0, 0.1) is 6.92 Å². The number of nitrogens with zero attached hydrogens (tertiary/aromatic N) is 1. The summed E-state index contributed by atoms with van der Waals surface area (Å²) in [6.07, 6.45) is 0.591. The zero-order valence-electron chi connectivity index (χ0n) is 13.1. The highest BCUT2D eigenvalue weighted by Crippen LogP contribution is 2.21. The highest BCUT2D eigenvalue weighted by atomic mass is 32.2. The molecule has 1 aliphatic rings. The lowest BCUT2D eigenvalue weighted by Gasteiger charge is -2.22. The van der Waals surface area contributed by atoms with E-state index in [1.54, 1.807) is 31.2 Å². The van der Waals surface area contributed by atoms with Crippen LogP contribution in [-0.2, 0) is 14.6 Å². The van der Waals surface area contributed by atoms with Gasteiger partial charge in [0, 0.05) is 11.7 Å². The van der Waals surface area contributed by atoms with Gasteiger partial charge in [-0.15, -0.1) is 0 Å². The summed E-state index contributed by atoms with van der Waals surface area (Å²) in [5, 5.41) is 2.82. The third-order valence-electron chi connectivity index (χ3n) is 3.90. The highest BCUT2D eigenvalue weighted by Gasteiger charge is 2.31. The van der Waals surface area contributed by atoms with E-state index in [9.17, 15) is 13.2 Å². The number of benzene rings is 1. The number of nitrogens with one attached hydrogen (secondary N) is 1. The SMILES string of the molecule is COc1ccc(NC(=O)CN(C)C2CCS(=O)(=O)C2)cc1C. The molecule has 122 valence electrons. The summed E-state index contributed by atoms with van der Waals surface area (Å²) in [5.74, 6) is 0.961. The first-order valence-electron chi connectivity index (χ1n) is 7.16. The first-order valence-corrected chi connectivity index (χ1v) is 8.98. The van der Waals surface area contributed by atoms with E-state index < -0.39 is 9.84 Å². The van der Waals surface area contributed by atoms with E-state index in [0.717, 1.165) is 11.3 Å². The van der Waals surface area contributed by atoms with Crippen LogP contribution >= 0.6 is 0 Å². The molecular formula is C15H22N2O4S. The van der Waals surface area contributed by atoms with Crippen molar-refractivity contribution < 1.29 is 17.9 Å². The van der Waals surface area contributed by atoms with Gasteiger partial charge in [-0.05, 0) is 44.2 Å². The zero-order chi connectivity index (χ0) is 16.3. The Morgan fingerprint density at radius 2 is 2.18 bits per heavy atom. The number of carbonyl (C=O) groups is 1. The van der Waals surface area contributed by atoms with Crippen molar-refractivity contribution in [1.29, 1.82) is 0 Å². The molecule has 1 amide bonds. The summed E-state index contributed by atoms with van der Waals surface area (Å²) in [5.41, 5.74) is 1.64. The van der Waals surface area contributed by atoms with Crippen LogP contribution in [0.3, 0.4) is 0 Å². The number of methoxy groups -OCH3 is 1. The predicted octanol–water partition coefficient (Wildman–Crippen LogP) is 1.06. The van der Waals surface area contributed by atoms with Gasteiger partial charge in [0.05, 0.1) is 25.2 Å². The smallest absolute Gasteiger partial charge is 0.238 e. The number of hydrogen-bond donors (Lipinski definition) is 1. The molecule has 0 aromatic heterocycles. The number of anilines is 1. The maximum absolute atomic E-state index is 12.1. The van der Waals surface area contributed by atoms with E-state index in [2.05, 4.69) is 5.32 Å². The maximum atomic E-state index is 12.1. The van der Waals surface area contributed by atoms with Gasteiger partial charge < -0.3 is 10.1 Å². The molecule has 1 fully saturated rings. The van der Waals surface area contributed by atoms with Gasteiger partial charge in [0.2, 0.25) is 5.91 Å². The summed E-state index contributed by atoms with van der Waals surface area (Å²) < 4.78 is 28.1. The minimum atomic E-state index is -2.94. The summed E-state index contributed by atoms with van der Waals surface area (Å²) >= 11 is 0. The second kappa shape index (κ2) is 6.66. The number of hydrogen-bond acceptors (Lipinski definition) is 5. The van der Waals surface area contributed by atoms with Crippen LogP contribution in [0.4, 0.5) is 5.69 Å². The number of likely N-dealkylation sites (N-methyl/N-ethyl adjacent to an activating group) is 1. The molecule has 1 aliphatic heterocycles. The van der Waals surface area contributed by atoms with Crippen molar-refractivity contribution in [3.63, 3.8) is 0 Å². The Balaban J connectivity index is 1.91. The van der Waals surface area contributed by atoms with E-state index in [0.29, 0.717) is 12.1 Å². The molecule has 0 spiro atoms.